The predicted molar refractivity (Wildman–Crippen MR) is 102 cm³/mol. The Bertz CT molecular complexity index is 680. The fourth-order valence-electron chi connectivity index (χ4n) is 3.00. The van der Waals surface area contributed by atoms with E-state index in [1.807, 2.05) is 11.9 Å². The highest BCUT2D eigenvalue weighted by Crippen LogP contribution is 2.34. The van der Waals surface area contributed by atoms with E-state index in [9.17, 15) is 19.8 Å². The van der Waals surface area contributed by atoms with E-state index in [1.165, 1.54) is 4.90 Å². The van der Waals surface area contributed by atoms with Gasteiger partial charge in [-0.25, -0.2) is 0 Å². The largest absolute Gasteiger partial charge is 0.489 e. The molecule has 2 amide bonds. The van der Waals surface area contributed by atoms with Gasteiger partial charge in [-0.05, 0) is 24.6 Å². The van der Waals surface area contributed by atoms with E-state index >= 15 is 0 Å². The van der Waals surface area contributed by atoms with Crippen LogP contribution in [0.15, 0.2) is 18.2 Å². The highest BCUT2D eigenvalue weighted by molar-refractivity contribution is 5.95. The highest BCUT2D eigenvalue weighted by atomic mass is 16.5. The van der Waals surface area contributed by atoms with Crippen LogP contribution in [0.25, 0.3) is 0 Å². The summed E-state index contributed by atoms with van der Waals surface area (Å²) in [4.78, 5) is 28.1. The van der Waals surface area contributed by atoms with E-state index in [2.05, 4.69) is 5.32 Å². The van der Waals surface area contributed by atoms with Gasteiger partial charge in [-0.3, -0.25) is 9.59 Å². The summed E-state index contributed by atoms with van der Waals surface area (Å²) in [5, 5.41) is 21.7. The third-order valence-corrected chi connectivity index (χ3v) is 5.08. The lowest BCUT2D eigenvalue weighted by Crippen LogP contribution is -2.55. The number of benzene rings is 1. The average molecular weight is 379 g/mol. The molecule has 1 heterocycles. The summed E-state index contributed by atoms with van der Waals surface area (Å²) in [6, 6.07) is 5.02. The lowest BCUT2D eigenvalue weighted by atomic mass is 9.97. The van der Waals surface area contributed by atoms with Crippen molar-refractivity contribution in [2.75, 3.05) is 45.9 Å². The first-order valence-electron chi connectivity index (χ1n) is 9.01. The van der Waals surface area contributed by atoms with Crippen LogP contribution in [0.3, 0.4) is 0 Å². The number of hydrogen-bond donors (Lipinski definition) is 3. The van der Waals surface area contributed by atoms with Gasteiger partial charge < -0.3 is 30.1 Å². The van der Waals surface area contributed by atoms with E-state index in [0.717, 1.165) is 5.69 Å². The van der Waals surface area contributed by atoms with Crippen LogP contribution >= 0.6 is 0 Å². The summed E-state index contributed by atoms with van der Waals surface area (Å²) in [5.74, 6) is 0.284. The summed E-state index contributed by atoms with van der Waals surface area (Å²) in [5.41, 5.74) is 0.275. The van der Waals surface area contributed by atoms with Crippen molar-refractivity contribution in [1.29, 1.82) is 0 Å². The van der Waals surface area contributed by atoms with Crippen LogP contribution in [0.4, 0.5) is 5.69 Å². The second kappa shape index (κ2) is 8.58. The van der Waals surface area contributed by atoms with Crippen molar-refractivity contribution >= 4 is 17.5 Å². The maximum absolute atomic E-state index is 12.4. The molecule has 3 N–H and O–H groups in total. The quantitative estimate of drug-likeness (QED) is 0.627. The highest BCUT2D eigenvalue weighted by Gasteiger charge is 2.32. The maximum Gasteiger partial charge on any atom is 0.253 e. The van der Waals surface area contributed by atoms with Crippen molar-refractivity contribution in [2.45, 2.75) is 31.3 Å². The Morgan fingerprint density at radius 3 is 2.56 bits per heavy atom. The fraction of sp³-hybridized carbons (Fsp3) is 0.579. The molecule has 0 spiro atoms. The van der Waals surface area contributed by atoms with Gasteiger partial charge in [-0.1, -0.05) is 6.92 Å². The van der Waals surface area contributed by atoms with E-state index in [4.69, 9.17) is 4.74 Å². The zero-order chi connectivity index (χ0) is 20.2. The Labute approximate surface area is 159 Å². The van der Waals surface area contributed by atoms with Gasteiger partial charge in [-0.15, -0.1) is 0 Å². The Hall–Kier alpha value is -2.32. The molecule has 0 radical (unpaired) electrons. The molecule has 1 atom stereocenters. The maximum atomic E-state index is 12.4. The van der Waals surface area contributed by atoms with Gasteiger partial charge in [0.2, 0.25) is 5.91 Å². The Morgan fingerprint density at radius 2 is 2.00 bits per heavy atom. The van der Waals surface area contributed by atoms with E-state index in [1.54, 1.807) is 39.2 Å². The summed E-state index contributed by atoms with van der Waals surface area (Å²) >= 11 is 0. The molecule has 8 nitrogen and oxygen atoms in total. The number of nitrogens with zero attached hydrogens (tertiary/aromatic N) is 2. The van der Waals surface area contributed by atoms with Crippen molar-refractivity contribution < 1.29 is 24.5 Å². The number of rotatable bonds is 7. The minimum absolute atomic E-state index is 0.107. The third kappa shape index (κ3) is 4.51. The molecule has 2 rings (SSSR count). The molecule has 0 saturated carbocycles. The van der Waals surface area contributed by atoms with E-state index in [-0.39, 0.29) is 37.5 Å². The number of anilines is 1. The monoisotopic (exact) mass is 379 g/mol. The molecule has 0 unspecified atom stereocenters. The van der Waals surface area contributed by atoms with Gasteiger partial charge in [0.25, 0.3) is 5.91 Å². The van der Waals surface area contributed by atoms with Crippen LogP contribution in [0, 0.1) is 0 Å². The standard InChI is InChI=1S/C19H29N3O5/c1-5-19(11-23,12-24)20-17(25)9-14-10-27-16-7-6-13(18(26)21(2)3)8-15(16)22(14)4/h6-8,14,23-24H,5,9-12H2,1-4H3,(H,20,25)/t14-/m1/s1. The van der Waals surface area contributed by atoms with Crippen molar-refractivity contribution in [3.63, 3.8) is 0 Å². The van der Waals surface area contributed by atoms with E-state index in [0.29, 0.717) is 24.3 Å². The number of fused-ring (bicyclic) bond motifs is 1. The zero-order valence-electron chi connectivity index (χ0n) is 16.4. The predicted octanol–water partition coefficient (Wildman–Crippen LogP) is 0.225. The number of amides is 2. The lowest BCUT2D eigenvalue weighted by Gasteiger charge is -2.37. The molecule has 0 saturated heterocycles. The second-order valence-corrected chi connectivity index (χ2v) is 7.16. The molecule has 1 aromatic carbocycles. The van der Waals surface area contributed by atoms with Crippen molar-refractivity contribution in [3.8, 4) is 5.75 Å². The van der Waals surface area contributed by atoms with Gasteiger partial charge in [0, 0.05) is 26.7 Å². The number of nitrogens with one attached hydrogen (secondary N) is 1. The van der Waals surface area contributed by atoms with Crippen LogP contribution < -0.4 is 15.0 Å². The SMILES string of the molecule is CCC(CO)(CO)NC(=O)C[C@@H]1COc2ccc(C(=O)N(C)C)cc2N1C. The molecule has 1 aromatic rings. The Balaban J connectivity index is 2.13. The summed E-state index contributed by atoms with van der Waals surface area (Å²) < 4.78 is 5.77. The van der Waals surface area contributed by atoms with Gasteiger partial charge in [0.15, 0.2) is 0 Å². The molecular formula is C19H29N3O5. The molecule has 0 aliphatic carbocycles. The van der Waals surface area contributed by atoms with Crippen LogP contribution in [-0.4, -0.2) is 79.5 Å². The minimum atomic E-state index is -1.02. The van der Waals surface area contributed by atoms with Crippen molar-refractivity contribution in [1.82, 2.24) is 10.2 Å². The Morgan fingerprint density at radius 1 is 1.33 bits per heavy atom. The smallest absolute Gasteiger partial charge is 0.253 e. The second-order valence-electron chi connectivity index (χ2n) is 7.16. The minimum Gasteiger partial charge on any atom is -0.489 e. The van der Waals surface area contributed by atoms with Crippen LogP contribution in [0.5, 0.6) is 5.75 Å². The average Bonchev–Trinajstić information content (AvgIpc) is 2.67. The van der Waals surface area contributed by atoms with Crippen molar-refractivity contribution in [2.24, 2.45) is 0 Å². The fourth-order valence-corrected chi connectivity index (χ4v) is 3.00. The molecule has 0 bridgehead atoms. The van der Waals surface area contributed by atoms with Crippen LogP contribution in [0.1, 0.15) is 30.1 Å². The number of ether oxygens (including phenoxy) is 1. The van der Waals surface area contributed by atoms with Crippen molar-refractivity contribution in [3.05, 3.63) is 23.8 Å². The molecule has 0 fully saturated rings. The molecule has 0 aromatic heterocycles. The molecule has 8 heteroatoms. The first-order chi connectivity index (χ1) is 12.8. The molecular weight excluding hydrogens is 350 g/mol. The summed E-state index contributed by atoms with van der Waals surface area (Å²) in [7, 11) is 5.24. The first kappa shape index (κ1) is 21.0. The number of carbonyl (C=O) groups excluding carboxylic acids is 2. The molecule has 150 valence electrons. The molecule has 27 heavy (non-hydrogen) atoms. The Kier molecular flexibility index (Phi) is 6.67. The topological polar surface area (TPSA) is 102 Å². The zero-order valence-corrected chi connectivity index (χ0v) is 16.4. The van der Waals surface area contributed by atoms with Crippen LogP contribution in [-0.2, 0) is 4.79 Å². The van der Waals surface area contributed by atoms with Gasteiger partial charge in [-0.2, -0.15) is 0 Å². The summed E-state index contributed by atoms with van der Waals surface area (Å²) in [6.07, 6.45) is 0.561. The lowest BCUT2D eigenvalue weighted by molar-refractivity contribution is -0.125. The first-order valence-corrected chi connectivity index (χ1v) is 9.01. The number of carbonyl (C=O) groups is 2. The summed E-state index contributed by atoms with van der Waals surface area (Å²) in [6.45, 7) is 1.46. The molecule has 1 aliphatic heterocycles. The number of likely N-dealkylation sites (N-methyl/N-ethyl adjacent to an activating group) is 1. The van der Waals surface area contributed by atoms with E-state index < -0.39 is 5.54 Å². The molecule has 1 aliphatic rings. The number of aliphatic hydroxyl groups is 2. The number of aliphatic hydroxyl groups excluding tert-OH is 2. The number of hydrogen-bond acceptors (Lipinski definition) is 6. The van der Waals surface area contributed by atoms with Crippen LogP contribution in [0.2, 0.25) is 0 Å². The van der Waals surface area contributed by atoms with Gasteiger partial charge in [0.1, 0.15) is 12.4 Å². The third-order valence-electron chi connectivity index (χ3n) is 5.08. The normalized spacial score (nSPS) is 16.4. The van der Waals surface area contributed by atoms with Gasteiger partial charge >= 0.3 is 0 Å². The van der Waals surface area contributed by atoms with Gasteiger partial charge in [0.05, 0.1) is 36.9 Å².